The van der Waals surface area contributed by atoms with Crippen LogP contribution in [0.2, 0.25) is 0 Å². The van der Waals surface area contributed by atoms with Gasteiger partial charge in [-0.3, -0.25) is 0 Å². The van der Waals surface area contributed by atoms with E-state index in [1.807, 2.05) is 0 Å². The molecule has 0 radical (unpaired) electrons. The minimum atomic E-state index is 0.213. The van der Waals surface area contributed by atoms with Gasteiger partial charge in [-0.25, -0.2) is 0 Å². The second-order valence-corrected chi connectivity index (χ2v) is 8.21. The van der Waals surface area contributed by atoms with Crippen LogP contribution in [0.4, 0.5) is 0 Å². The number of halogens is 2. The molecule has 1 aromatic rings. The third-order valence-corrected chi connectivity index (χ3v) is 7.03. The van der Waals surface area contributed by atoms with Crippen LogP contribution in [0.25, 0.3) is 0 Å². The van der Waals surface area contributed by atoms with Gasteiger partial charge in [-0.05, 0) is 56.7 Å². The fraction of sp³-hybridized carbons (Fsp3) is 0.692. The van der Waals surface area contributed by atoms with E-state index in [4.69, 9.17) is 5.73 Å². The standard InChI is InChI=1S/C13H19Br2NS/c14-10-8-12(17-13(10)15)11(16)7-6-9-4-2-1-3-5-9/h8-9,11H,1-7,16H2. The summed E-state index contributed by atoms with van der Waals surface area (Å²) in [5.41, 5.74) is 6.26. The lowest BCUT2D eigenvalue weighted by Gasteiger charge is -2.22. The SMILES string of the molecule is NC(CCC1CCCCC1)c1cc(Br)c(Br)s1. The number of rotatable bonds is 4. The summed E-state index contributed by atoms with van der Waals surface area (Å²) in [7, 11) is 0. The van der Waals surface area contributed by atoms with E-state index < -0.39 is 0 Å². The number of hydrogen-bond acceptors (Lipinski definition) is 2. The van der Waals surface area contributed by atoms with Crippen LogP contribution in [-0.2, 0) is 0 Å². The van der Waals surface area contributed by atoms with E-state index in [2.05, 4.69) is 37.9 Å². The molecule has 96 valence electrons. The van der Waals surface area contributed by atoms with Crippen molar-refractivity contribution < 1.29 is 0 Å². The van der Waals surface area contributed by atoms with Crippen molar-refractivity contribution in [2.45, 2.75) is 51.0 Å². The summed E-state index contributed by atoms with van der Waals surface area (Å²) < 4.78 is 2.28. The van der Waals surface area contributed by atoms with Crippen LogP contribution >= 0.6 is 43.2 Å². The summed E-state index contributed by atoms with van der Waals surface area (Å²) >= 11 is 8.80. The van der Waals surface area contributed by atoms with Gasteiger partial charge in [0.1, 0.15) is 0 Å². The molecule has 0 amide bonds. The van der Waals surface area contributed by atoms with Gasteiger partial charge in [-0.2, -0.15) is 0 Å². The highest BCUT2D eigenvalue weighted by Gasteiger charge is 2.17. The second kappa shape index (κ2) is 6.69. The lowest BCUT2D eigenvalue weighted by atomic mass is 9.85. The van der Waals surface area contributed by atoms with Gasteiger partial charge in [0.2, 0.25) is 0 Å². The molecule has 4 heteroatoms. The summed E-state index contributed by atoms with van der Waals surface area (Å²) in [6.45, 7) is 0. The molecule has 2 N–H and O–H groups in total. The lowest BCUT2D eigenvalue weighted by Crippen LogP contribution is -2.13. The smallest absolute Gasteiger partial charge is 0.0843 e. The third kappa shape index (κ3) is 4.05. The molecular weight excluding hydrogens is 362 g/mol. The molecule has 1 saturated carbocycles. The first-order valence-corrected chi connectivity index (χ1v) is 8.77. The zero-order valence-electron chi connectivity index (χ0n) is 9.92. The maximum atomic E-state index is 6.26. The fourth-order valence-corrected chi connectivity index (χ4v) is 4.70. The summed E-state index contributed by atoms with van der Waals surface area (Å²) in [5, 5.41) is 0. The zero-order valence-corrected chi connectivity index (χ0v) is 13.9. The monoisotopic (exact) mass is 379 g/mol. The van der Waals surface area contributed by atoms with E-state index >= 15 is 0 Å². The first kappa shape index (κ1) is 14.0. The van der Waals surface area contributed by atoms with E-state index in [-0.39, 0.29) is 6.04 Å². The maximum absolute atomic E-state index is 6.26. The Morgan fingerprint density at radius 3 is 2.59 bits per heavy atom. The Morgan fingerprint density at radius 2 is 2.00 bits per heavy atom. The molecule has 1 aliphatic carbocycles. The van der Waals surface area contributed by atoms with Crippen LogP contribution < -0.4 is 5.73 Å². The molecule has 0 saturated heterocycles. The van der Waals surface area contributed by atoms with Gasteiger partial charge in [0, 0.05) is 15.4 Å². The molecule has 2 rings (SSSR count). The molecule has 1 nitrogen and oxygen atoms in total. The van der Waals surface area contributed by atoms with Crippen LogP contribution in [0.1, 0.15) is 55.9 Å². The van der Waals surface area contributed by atoms with E-state index in [1.54, 1.807) is 11.3 Å². The minimum Gasteiger partial charge on any atom is -0.323 e. The van der Waals surface area contributed by atoms with Crippen LogP contribution in [0, 0.1) is 5.92 Å². The summed E-state index contributed by atoms with van der Waals surface area (Å²) in [5.74, 6) is 0.932. The Labute approximate surface area is 124 Å². The number of nitrogens with two attached hydrogens (primary N) is 1. The first-order chi connectivity index (χ1) is 8.16. The van der Waals surface area contributed by atoms with Crippen LogP contribution in [-0.4, -0.2) is 0 Å². The molecule has 1 unspecified atom stereocenters. The van der Waals surface area contributed by atoms with Crippen molar-refractivity contribution >= 4 is 43.2 Å². The number of thiophene rings is 1. The Kier molecular flexibility index (Phi) is 5.52. The number of hydrogen-bond donors (Lipinski definition) is 1. The predicted molar refractivity (Wildman–Crippen MR) is 82.5 cm³/mol. The second-order valence-electron chi connectivity index (χ2n) is 4.96. The predicted octanol–water partition coefficient (Wildman–Crippen LogP) is 5.63. The largest absolute Gasteiger partial charge is 0.323 e. The van der Waals surface area contributed by atoms with Crippen LogP contribution in [0.5, 0.6) is 0 Å². The summed E-state index contributed by atoms with van der Waals surface area (Å²) in [4.78, 5) is 1.29. The van der Waals surface area contributed by atoms with Crippen molar-refractivity contribution in [3.05, 3.63) is 19.2 Å². The van der Waals surface area contributed by atoms with E-state index in [0.29, 0.717) is 0 Å². The molecule has 0 aromatic carbocycles. The average Bonchev–Trinajstić information content (AvgIpc) is 2.68. The quantitative estimate of drug-likeness (QED) is 0.719. The van der Waals surface area contributed by atoms with Crippen LogP contribution in [0.3, 0.4) is 0 Å². The highest BCUT2D eigenvalue weighted by atomic mass is 79.9. The molecule has 1 aromatic heterocycles. The summed E-state index contributed by atoms with van der Waals surface area (Å²) in [6.07, 6.45) is 9.56. The molecule has 0 spiro atoms. The molecule has 0 aliphatic heterocycles. The highest BCUT2D eigenvalue weighted by molar-refractivity contribution is 9.13. The molecule has 17 heavy (non-hydrogen) atoms. The van der Waals surface area contributed by atoms with E-state index in [9.17, 15) is 0 Å². The summed E-state index contributed by atoms with van der Waals surface area (Å²) in [6, 6.07) is 2.37. The third-order valence-electron chi connectivity index (χ3n) is 3.64. The average molecular weight is 381 g/mol. The topological polar surface area (TPSA) is 26.0 Å². The van der Waals surface area contributed by atoms with E-state index in [0.717, 1.165) is 20.6 Å². The zero-order chi connectivity index (χ0) is 12.3. The van der Waals surface area contributed by atoms with Gasteiger partial charge < -0.3 is 5.73 Å². The van der Waals surface area contributed by atoms with Gasteiger partial charge in [-0.1, -0.05) is 32.1 Å². The maximum Gasteiger partial charge on any atom is 0.0843 e. The first-order valence-electron chi connectivity index (χ1n) is 6.37. The minimum absolute atomic E-state index is 0.213. The van der Waals surface area contributed by atoms with Gasteiger partial charge in [0.05, 0.1) is 3.79 Å². The fourth-order valence-electron chi connectivity index (χ4n) is 2.58. The molecule has 1 fully saturated rings. The van der Waals surface area contributed by atoms with Crippen molar-refractivity contribution in [3.63, 3.8) is 0 Å². The van der Waals surface area contributed by atoms with E-state index in [1.165, 1.54) is 43.4 Å². The van der Waals surface area contributed by atoms with Crippen molar-refractivity contribution in [2.24, 2.45) is 11.7 Å². The molecule has 1 atom stereocenters. The van der Waals surface area contributed by atoms with Crippen molar-refractivity contribution in [2.75, 3.05) is 0 Å². The van der Waals surface area contributed by atoms with Crippen molar-refractivity contribution in [3.8, 4) is 0 Å². The van der Waals surface area contributed by atoms with Gasteiger partial charge in [0.15, 0.2) is 0 Å². The Hall–Kier alpha value is 0.620. The Bertz CT molecular complexity index is 339. The molecule has 0 bridgehead atoms. The Balaban J connectivity index is 1.82. The molecule has 1 heterocycles. The molecule has 1 aliphatic rings. The van der Waals surface area contributed by atoms with Gasteiger partial charge in [-0.15, -0.1) is 11.3 Å². The van der Waals surface area contributed by atoms with Crippen LogP contribution in [0.15, 0.2) is 14.3 Å². The van der Waals surface area contributed by atoms with Crippen molar-refractivity contribution in [1.29, 1.82) is 0 Å². The molecular formula is C13H19Br2NS. The van der Waals surface area contributed by atoms with Gasteiger partial charge >= 0.3 is 0 Å². The highest BCUT2D eigenvalue weighted by Crippen LogP contribution is 2.37. The lowest BCUT2D eigenvalue weighted by molar-refractivity contribution is 0.324. The normalized spacial score (nSPS) is 19.5. The van der Waals surface area contributed by atoms with Crippen molar-refractivity contribution in [1.82, 2.24) is 0 Å². The van der Waals surface area contributed by atoms with Gasteiger partial charge in [0.25, 0.3) is 0 Å². The Morgan fingerprint density at radius 1 is 1.29 bits per heavy atom.